The van der Waals surface area contributed by atoms with Crippen LogP contribution in [0.15, 0.2) is 95.3 Å². The van der Waals surface area contributed by atoms with Crippen molar-refractivity contribution in [1.29, 1.82) is 0 Å². The molecule has 6 heteroatoms. The normalized spacial score (nSPS) is 11.4. The molecule has 172 valence electrons. The average Bonchev–Trinajstić information content (AvgIpc) is 3.17. The summed E-state index contributed by atoms with van der Waals surface area (Å²) in [5.41, 5.74) is 6.44. The number of hydrogen-bond donors (Lipinski definition) is 0. The number of benzene rings is 3. The molecule has 4 aromatic rings. The van der Waals surface area contributed by atoms with E-state index in [1.165, 1.54) is 0 Å². The molecule has 3 aromatic carbocycles. The molecule has 0 N–H and O–H groups in total. The lowest BCUT2D eigenvalue weighted by molar-refractivity contribution is -0.683. The molecule has 6 nitrogen and oxygen atoms in total. The molecule has 0 saturated carbocycles. The summed E-state index contributed by atoms with van der Waals surface area (Å²) in [4.78, 5) is 4.16. The van der Waals surface area contributed by atoms with E-state index in [0.717, 1.165) is 39.6 Å². The molecule has 0 aliphatic heterocycles. The summed E-state index contributed by atoms with van der Waals surface area (Å²) in [5, 5.41) is 9.53. The van der Waals surface area contributed by atoms with Gasteiger partial charge in [0.15, 0.2) is 6.20 Å². The minimum Gasteiger partial charge on any atom is -0.378 e. The summed E-state index contributed by atoms with van der Waals surface area (Å²) in [6.45, 7) is 2.02. The Morgan fingerprint density at radius 2 is 1.24 bits per heavy atom. The predicted molar refractivity (Wildman–Crippen MR) is 142 cm³/mol. The van der Waals surface area contributed by atoms with Gasteiger partial charge in [-0.3, -0.25) is 0 Å². The van der Waals surface area contributed by atoms with Crippen molar-refractivity contribution >= 4 is 23.8 Å². The maximum absolute atomic E-state index is 4.81. The fraction of sp³-hybridized carbons (Fsp3) is 0.179. The first-order valence-electron chi connectivity index (χ1n) is 11.3. The number of aromatic nitrogens is 2. The Bertz CT molecular complexity index is 1280. The third-order valence-electron chi connectivity index (χ3n) is 5.65. The predicted octanol–water partition coefficient (Wildman–Crippen LogP) is 4.65. The number of hydrogen-bond acceptors (Lipinski definition) is 4. The molecule has 1 heterocycles. The molecule has 0 aliphatic carbocycles. The Morgan fingerprint density at radius 1 is 0.706 bits per heavy atom. The second kappa shape index (κ2) is 10.2. The lowest BCUT2D eigenvalue weighted by Crippen LogP contribution is -2.29. The lowest BCUT2D eigenvalue weighted by Gasteiger charge is -2.11. The fourth-order valence-corrected chi connectivity index (χ4v) is 3.57. The SMILES string of the molecule is Cc1n(/N=C/c2ccc(N(C)C)cc2)c(-c2ccccc2)c[n+]1/N=C/c1ccc(N(C)C)cc1. The first-order chi connectivity index (χ1) is 16.4. The highest BCUT2D eigenvalue weighted by atomic mass is 15.5. The molecule has 0 aliphatic rings. The van der Waals surface area contributed by atoms with Crippen molar-refractivity contribution in [3.05, 3.63) is 102 Å². The van der Waals surface area contributed by atoms with Gasteiger partial charge in [0.1, 0.15) is 0 Å². The Balaban J connectivity index is 1.67. The van der Waals surface area contributed by atoms with Crippen molar-refractivity contribution in [3.8, 4) is 11.3 Å². The third kappa shape index (κ3) is 5.23. The molecule has 0 radical (unpaired) electrons. The van der Waals surface area contributed by atoms with E-state index in [1.807, 2.05) is 81.3 Å². The minimum atomic E-state index is 0.904. The van der Waals surface area contributed by atoms with Crippen LogP contribution >= 0.6 is 0 Å². The van der Waals surface area contributed by atoms with Gasteiger partial charge in [0.2, 0.25) is 5.69 Å². The van der Waals surface area contributed by atoms with Gasteiger partial charge in [-0.2, -0.15) is 0 Å². The fourth-order valence-electron chi connectivity index (χ4n) is 3.57. The highest BCUT2D eigenvalue weighted by Crippen LogP contribution is 2.20. The van der Waals surface area contributed by atoms with Gasteiger partial charge >= 0.3 is 5.82 Å². The summed E-state index contributed by atoms with van der Waals surface area (Å²) in [5.74, 6) is 0.904. The molecule has 1 aromatic heterocycles. The largest absolute Gasteiger partial charge is 0.378 e. The average molecular weight is 452 g/mol. The first kappa shape index (κ1) is 23.0. The number of imidazole rings is 1. The van der Waals surface area contributed by atoms with E-state index >= 15 is 0 Å². The van der Waals surface area contributed by atoms with Crippen LogP contribution in [0.4, 0.5) is 11.4 Å². The van der Waals surface area contributed by atoms with Gasteiger partial charge in [-0.15, -0.1) is 4.68 Å². The van der Waals surface area contributed by atoms with E-state index in [9.17, 15) is 0 Å². The van der Waals surface area contributed by atoms with Gasteiger partial charge in [0.25, 0.3) is 0 Å². The van der Waals surface area contributed by atoms with Crippen LogP contribution in [0.5, 0.6) is 0 Å². The van der Waals surface area contributed by atoms with Crippen molar-refractivity contribution in [3.63, 3.8) is 0 Å². The van der Waals surface area contributed by atoms with Crippen LogP contribution in [0.25, 0.3) is 11.3 Å². The zero-order chi connectivity index (χ0) is 24.1. The third-order valence-corrected chi connectivity index (χ3v) is 5.65. The van der Waals surface area contributed by atoms with Crippen LogP contribution in [-0.2, 0) is 0 Å². The molecule has 0 amide bonds. The van der Waals surface area contributed by atoms with Gasteiger partial charge in [0, 0.05) is 52.1 Å². The smallest absolute Gasteiger partial charge is 0.304 e. The number of rotatable bonds is 7. The van der Waals surface area contributed by atoms with Crippen molar-refractivity contribution < 1.29 is 4.68 Å². The highest BCUT2D eigenvalue weighted by Gasteiger charge is 2.21. The quantitative estimate of drug-likeness (QED) is 0.303. The molecule has 0 atom stereocenters. The van der Waals surface area contributed by atoms with Crippen LogP contribution in [0.1, 0.15) is 17.0 Å². The molecule has 0 bridgehead atoms. The maximum atomic E-state index is 4.81. The monoisotopic (exact) mass is 451 g/mol. The minimum absolute atomic E-state index is 0.904. The number of nitrogens with zero attached hydrogens (tertiary/aromatic N) is 6. The Hall–Kier alpha value is -4.19. The van der Waals surface area contributed by atoms with Crippen LogP contribution in [-0.4, -0.2) is 45.3 Å². The summed E-state index contributed by atoms with van der Waals surface area (Å²) in [7, 11) is 8.14. The molecule has 34 heavy (non-hydrogen) atoms. The second-order valence-electron chi connectivity index (χ2n) is 8.55. The lowest BCUT2D eigenvalue weighted by atomic mass is 10.2. The highest BCUT2D eigenvalue weighted by molar-refractivity contribution is 5.81. The van der Waals surface area contributed by atoms with Crippen LogP contribution in [0, 0.1) is 6.92 Å². The zero-order valence-corrected chi connectivity index (χ0v) is 20.4. The summed E-state index contributed by atoms with van der Waals surface area (Å²) in [6.07, 6.45) is 5.77. The van der Waals surface area contributed by atoms with Crippen LogP contribution < -0.4 is 14.5 Å². The van der Waals surface area contributed by atoms with Crippen molar-refractivity contribution in [2.45, 2.75) is 6.92 Å². The van der Waals surface area contributed by atoms with E-state index in [-0.39, 0.29) is 0 Å². The Labute approximate surface area is 201 Å². The van der Waals surface area contributed by atoms with Gasteiger partial charge in [-0.25, -0.2) is 0 Å². The van der Waals surface area contributed by atoms with E-state index in [1.54, 1.807) is 0 Å². The topological polar surface area (TPSA) is 40.0 Å². The molecule has 0 unspecified atom stereocenters. The van der Waals surface area contributed by atoms with E-state index in [0.29, 0.717) is 0 Å². The zero-order valence-electron chi connectivity index (χ0n) is 20.4. The number of anilines is 2. The molecule has 0 spiro atoms. The molecule has 0 saturated heterocycles. The Kier molecular flexibility index (Phi) is 6.87. The molecule has 4 rings (SSSR count). The molecular weight excluding hydrogens is 420 g/mol. The summed E-state index contributed by atoms with van der Waals surface area (Å²) in [6, 6.07) is 26.9. The standard InChI is InChI=1S/C28H31N6/c1-22-33(29-19-23-11-15-26(16-12-23)31(2)3)21-28(25-9-7-6-8-10-25)34(22)30-20-24-13-17-27(18-14-24)32(4)5/h6-21H,1-5H3/q+1/b29-19+,30-20+. The van der Waals surface area contributed by atoms with Gasteiger partial charge in [0.05, 0.1) is 12.4 Å². The molecular formula is C28H31N6+. The van der Waals surface area contributed by atoms with Crippen LogP contribution in [0.3, 0.4) is 0 Å². The van der Waals surface area contributed by atoms with Crippen molar-refractivity contribution in [1.82, 2.24) is 4.68 Å². The van der Waals surface area contributed by atoms with E-state index < -0.39 is 0 Å². The molecule has 0 fully saturated rings. The maximum Gasteiger partial charge on any atom is 0.304 e. The first-order valence-corrected chi connectivity index (χ1v) is 11.3. The summed E-state index contributed by atoms with van der Waals surface area (Å²) < 4.78 is 3.80. The van der Waals surface area contributed by atoms with Gasteiger partial charge in [-0.05, 0) is 35.4 Å². The van der Waals surface area contributed by atoms with Gasteiger partial charge < -0.3 is 9.80 Å². The summed E-state index contributed by atoms with van der Waals surface area (Å²) >= 11 is 0. The van der Waals surface area contributed by atoms with Gasteiger partial charge in [-0.1, -0.05) is 69.5 Å². The Morgan fingerprint density at radius 3 is 1.76 bits per heavy atom. The second-order valence-corrected chi connectivity index (χ2v) is 8.55. The van der Waals surface area contributed by atoms with Crippen LogP contribution in [0.2, 0.25) is 0 Å². The van der Waals surface area contributed by atoms with E-state index in [4.69, 9.17) is 10.2 Å². The van der Waals surface area contributed by atoms with Crippen molar-refractivity contribution in [2.75, 3.05) is 38.0 Å². The van der Waals surface area contributed by atoms with Crippen molar-refractivity contribution in [2.24, 2.45) is 10.2 Å². The van der Waals surface area contributed by atoms with E-state index in [2.05, 4.69) is 70.5 Å².